The molecule has 2 fully saturated rings. The number of nitrogens with zero attached hydrogens (tertiary/aromatic N) is 4. The minimum atomic E-state index is -3.66. The highest BCUT2D eigenvalue weighted by Gasteiger charge is 2.28. The van der Waals surface area contributed by atoms with Crippen LogP contribution in [0, 0.1) is 0 Å². The van der Waals surface area contributed by atoms with Crippen molar-refractivity contribution in [3.63, 3.8) is 0 Å². The molecule has 1 aromatic carbocycles. The van der Waals surface area contributed by atoms with E-state index in [4.69, 9.17) is 4.74 Å². The first kappa shape index (κ1) is 23.2. The van der Waals surface area contributed by atoms with Gasteiger partial charge in [0.15, 0.2) is 4.34 Å². The van der Waals surface area contributed by atoms with Crippen LogP contribution in [0.1, 0.15) is 12.8 Å². The summed E-state index contributed by atoms with van der Waals surface area (Å²) in [6.45, 7) is 3.17. The number of carbonyl (C=O) groups excluding carboxylic acids is 1. The lowest BCUT2D eigenvalue weighted by Gasteiger charge is -2.27. The Morgan fingerprint density at radius 2 is 1.94 bits per heavy atom. The Morgan fingerprint density at radius 1 is 1.19 bits per heavy atom. The maximum atomic E-state index is 13.1. The lowest BCUT2D eigenvalue weighted by molar-refractivity contribution is -0.113. The molecule has 3 heterocycles. The third-order valence-electron chi connectivity index (χ3n) is 5.24. The summed E-state index contributed by atoms with van der Waals surface area (Å²) >= 11 is 2.67. The van der Waals surface area contributed by atoms with Crippen LogP contribution in [0.2, 0.25) is 0 Å². The van der Waals surface area contributed by atoms with Crippen LogP contribution in [0.5, 0.6) is 0 Å². The van der Waals surface area contributed by atoms with Gasteiger partial charge in [0.2, 0.25) is 21.1 Å². The topological polar surface area (TPSA) is 117 Å². The van der Waals surface area contributed by atoms with Gasteiger partial charge in [-0.3, -0.25) is 4.79 Å². The molecular weight excluding hydrogens is 472 g/mol. The summed E-state index contributed by atoms with van der Waals surface area (Å²) in [6, 6.07) is 5.00. The first-order valence-electron chi connectivity index (χ1n) is 10.4. The van der Waals surface area contributed by atoms with Crippen LogP contribution < -0.4 is 15.5 Å². The second kappa shape index (κ2) is 10.3. The van der Waals surface area contributed by atoms with Crippen molar-refractivity contribution < 1.29 is 17.9 Å². The molecule has 0 spiro atoms. The van der Waals surface area contributed by atoms with Crippen molar-refractivity contribution in [3.8, 4) is 0 Å². The number of anilines is 3. The average molecular weight is 499 g/mol. The zero-order valence-electron chi connectivity index (χ0n) is 17.7. The van der Waals surface area contributed by atoms with Gasteiger partial charge >= 0.3 is 0 Å². The van der Waals surface area contributed by atoms with Crippen LogP contribution in [-0.2, 0) is 19.6 Å². The maximum absolute atomic E-state index is 13.1. The Bertz CT molecular complexity index is 1050. The minimum absolute atomic E-state index is 0.151. The molecule has 13 heteroatoms. The van der Waals surface area contributed by atoms with E-state index in [1.54, 1.807) is 25.2 Å². The monoisotopic (exact) mass is 498 g/mol. The van der Waals surface area contributed by atoms with Gasteiger partial charge in [0.25, 0.3) is 0 Å². The number of sulfonamides is 1. The van der Waals surface area contributed by atoms with E-state index in [1.165, 1.54) is 27.4 Å². The van der Waals surface area contributed by atoms with Crippen molar-refractivity contribution in [3.05, 3.63) is 18.2 Å². The summed E-state index contributed by atoms with van der Waals surface area (Å²) in [6.07, 6.45) is 2.14. The van der Waals surface area contributed by atoms with Crippen molar-refractivity contribution in [2.75, 3.05) is 67.7 Å². The smallest absolute Gasteiger partial charge is 0.243 e. The molecule has 0 bridgehead atoms. The number of carbonyl (C=O) groups is 1. The fourth-order valence-corrected chi connectivity index (χ4v) is 6.57. The van der Waals surface area contributed by atoms with Gasteiger partial charge < -0.3 is 20.3 Å². The zero-order valence-corrected chi connectivity index (χ0v) is 20.2. The predicted molar refractivity (Wildman–Crippen MR) is 126 cm³/mol. The molecular formula is C19H26N6O4S3. The number of amides is 1. The molecule has 2 aliphatic rings. The Morgan fingerprint density at radius 3 is 2.62 bits per heavy atom. The first-order valence-corrected chi connectivity index (χ1v) is 13.6. The molecule has 0 atom stereocenters. The molecule has 0 unspecified atom stereocenters. The number of nitrogens with one attached hydrogen (secondary N) is 2. The van der Waals surface area contributed by atoms with Gasteiger partial charge in [0.1, 0.15) is 0 Å². The van der Waals surface area contributed by atoms with Gasteiger partial charge in [-0.05, 0) is 31.0 Å². The van der Waals surface area contributed by atoms with Crippen LogP contribution in [0.25, 0.3) is 0 Å². The number of ether oxygens (including phenoxy) is 1. The molecule has 4 rings (SSSR count). The van der Waals surface area contributed by atoms with Crippen molar-refractivity contribution in [2.24, 2.45) is 0 Å². The summed E-state index contributed by atoms with van der Waals surface area (Å²) in [5.74, 6) is -0.0734. The molecule has 2 aromatic rings. The van der Waals surface area contributed by atoms with Crippen LogP contribution in [0.15, 0.2) is 27.4 Å². The largest absolute Gasteiger partial charge is 0.379 e. The summed E-state index contributed by atoms with van der Waals surface area (Å²) in [5, 5.41) is 14.5. The van der Waals surface area contributed by atoms with E-state index < -0.39 is 10.0 Å². The molecule has 2 N–H and O–H groups in total. The normalized spacial score (nSPS) is 17.5. The van der Waals surface area contributed by atoms with E-state index in [9.17, 15) is 13.2 Å². The Labute approximate surface area is 195 Å². The summed E-state index contributed by atoms with van der Waals surface area (Å²) in [7, 11) is -1.90. The number of thioether (sulfide) groups is 1. The number of hydrogen-bond donors (Lipinski definition) is 2. The Hall–Kier alpha value is -1.93. The van der Waals surface area contributed by atoms with E-state index in [0.29, 0.717) is 41.5 Å². The molecule has 2 saturated heterocycles. The van der Waals surface area contributed by atoms with Crippen LogP contribution in [0.4, 0.5) is 16.5 Å². The van der Waals surface area contributed by atoms with Gasteiger partial charge in [0, 0.05) is 33.2 Å². The van der Waals surface area contributed by atoms with Crippen molar-refractivity contribution >= 4 is 55.5 Å². The maximum Gasteiger partial charge on any atom is 0.243 e. The molecule has 2 aliphatic heterocycles. The standard InChI is InChI=1S/C19H26N6O4S3/c1-20-18-22-23-19(31-18)30-13-17(26)21-15-12-14(4-5-16(15)24-6-2-3-7-24)32(27,28)25-8-10-29-11-9-25/h4-5,12H,2-3,6-11,13H2,1H3,(H,20,22)(H,21,26). The Balaban J connectivity index is 1.53. The quantitative estimate of drug-likeness (QED) is 0.527. The number of rotatable bonds is 8. The summed E-state index contributed by atoms with van der Waals surface area (Å²) < 4.78 is 33.6. The highest BCUT2D eigenvalue weighted by molar-refractivity contribution is 8.01. The Kier molecular flexibility index (Phi) is 7.51. The minimum Gasteiger partial charge on any atom is -0.379 e. The third kappa shape index (κ3) is 5.34. The number of morpholine rings is 1. The third-order valence-corrected chi connectivity index (χ3v) is 9.21. The van der Waals surface area contributed by atoms with Crippen LogP contribution in [-0.4, -0.2) is 81.0 Å². The van der Waals surface area contributed by atoms with Gasteiger partial charge in [-0.2, -0.15) is 4.31 Å². The van der Waals surface area contributed by atoms with Crippen molar-refractivity contribution in [2.45, 2.75) is 22.1 Å². The molecule has 0 radical (unpaired) electrons. The second-order valence-corrected chi connectivity index (χ2v) is 11.5. The first-order chi connectivity index (χ1) is 15.5. The number of hydrogen-bond acceptors (Lipinski definition) is 10. The molecule has 1 aromatic heterocycles. The molecule has 174 valence electrons. The van der Waals surface area contributed by atoms with Gasteiger partial charge in [-0.15, -0.1) is 10.2 Å². The number of benzene rings is 1. The molecule has 32 heavy (non-hydrogen) atoms. The van der Waals surface area contributed by atoms with Crippen LogP contribution in [0.3, 0.4) is 0 Å². The molecule has 0 saturated carbocycles. The predicted octanol–water partition coefficient (Wildman–Crippen LogP) is 1.93. The van der Waals surface area contributed by atoms with Crippen molar-refractivity contribution in [1.82, 2.24) is 14.5 Å². The lowest BCUT2D eigenvalue weighted by Crippen LogP contribution is -2.40. The summed E-state index contributed by atoms with van der Waals surface area (Å²) in [5.41, 5.74) is 1.36. The van der Waals surface area contributed by atoms with E-state index in [2.05, 4.69) is 25.7 Å². The lowest BCUT2D eigenvalue weighted by atomic mass is 10.2. The fraction of sp³-hybridized carbons (Fsp3) is 0.526. The zero-order chi connectivity index (χ0) is 22.6. The van der Waals surface area contributed by atoms with E-state index in [-0.39, 0.29) is 16.6 Å². The van der Waals surface area contributed by atoms with Gasteiger partial charge in [0.05, 0.1) is 35.2 Å². The SMILES string of the molecule is CNc1nnc(SCC(=O)Nc2cc(S(=O)(=O)N3CCOCC3)ccc2N2CCCC2)s1. The van der Waals surface area contributed by atoms with E-state index in [1.807, 2.05) is 0 Å². The van der Waals surface area contributed by atoms with Crippen molar-refractivity contribution in [1.29, 1.82) is 0 Å². The van der Waals surface area contributed by atoms with E-state index >= 15 is 0 Å². The number of aromatic nitrogens is 2. The molecule has 0 aliphatic carbocycles. The van der Waals surface area contributed by atoms with Gasteiger partial charge in [-0.25, -0.2) is 8.42 Å². The van der Waals surface area contributed by atoms with E-state index in [0.717, 1.165) is 31.6 Å². The highest BCUT2D eigenvalue weighted by Crippen LogP contribution is 2.33. The highest BCUT2D eigenvalue weighted by atomic mass is 32.2. The molecule has 10 nitrogen and oxygen atoms in total. The van der Waals surface area contributed by atoms with Gasteiger partial charge in [-0.1, -0.05) is 23.1 Å². The summed E-state index contributed by atoms with van der Waals surface area (Å²) in [4.78, 5) is 15.1. The molecule has 1 amide bonds. The van der Waals surface area contributed by atoms with Crippen LogP contribution >= 0.6 is 23.1 Å². The second-order valence-electron chi connectivity index (χ2n) is 7.35. The average Bonchev–Trinajstić information content (AvgIpc) is 3.50. The fourth-order valence-electron chi connectivity index (χ4n) is 3.63.